The first-order chi connectivity index (χ1) is 10.2. The van der Waals surface area contributed by atoms with E-state index >= 15 is 0 Å². The molecule has 0 bridgehead atoms. The predicted molar refractivity (Wildman–Crippen MR) is 83.1 cm³/mol. The number of pyridine rings is 2. The third-order valence-corrected chi connectivity index (χ3v) is 3.33. The first kappa shape index (κ1) is 13.1. The van der Waals surface area contributed by atoms with E-state index in [1.165, 1.54) is 4.90 Å². The van der Waals surface area contributed by atoms with Crippen LogP contribution in [0.15, 0.2) is 54.9 Å². The van der Waals surface area contributed by atoms with Crippen molar-refractivity contribution in [2.24, 2.45) is 0 Å². The number of rotatable bonds is 2. The molecule has 0 atom stereocenters. The van der Waals surface area contributed by atoms with Crippen molar-refractivity contribution in [1.29, 1.82) is 0 Å². The third-order valence-electron chi connectivity index (χ3n) is 3.33. The molecule has 2 aromatic heterocycles. The molecule has 0 saturated heterocycles. The zero-order valence-electron chi connectivity index (χ0n) is 11.5. The summed E-state index contributed by atoms with van der Waals surface area (Å²) in [7, 11) is 1.69. The van der Waals surface area contributed by atoms with Crippen molar-refractivity contribution in [3.8, 4) is 0 Å². The highest BCUT2D eigenvalue weighted by molar-refractivity contribution is 6.07. The molecule has 21 heavy (non-hydrogen) atoms. The Morgan fingerprint density at radius 2 is 2.00 bits per heavy atom. The molecule has 5 nitrogen and oxygen atoms in total. The largest absolute Gasteiger partial charge is 0.383 e. The summed E-state index contributed by atoms with van der Waals surface area (Å²) in [5, 5.41) is 1.74. The van der Waals surface area contributed by atoms with Crippen LogP contribution >= 0.6 is 0 Å². The lowest BCUT2D eigenvalue weighted by molar-refractivity contribution is 0.0988. The van der Waals surface area contributed by atoms with Gasteiger partial charge in [0, 0.05) is 18.6 Å². The van der Waals surface area contributed by atoms with Gasteiger partial charge >= 0.3 is 0 Å². The number of hydrogen-bond donors (Lipinski definition) is 1. The Morgan fingerprint density at radius 1 is 1.19 bits per heavy atom. The second kappa shape index (κ2) is 5.20. The van der Waals surface area contributed by atoms with Gasteiger partial charge in [-0.25, -0.2) is 4.98 Å². The van der Waals surface area contributed by atoms with Gasteiger partial charge in [0.1, 0.15) is 11.5 Å². The van der Waals surface area contributed by atoms with E-state index < -0.39 is 0 Å². The van der Waals surface area contributed by atoms with Crippen LogP contribution in [0.1, 0.15) is 10.5 Å². The number of aromatic nitrogens is 2. The average Bonchev–Trinajstić information content (AvgIpc) is 2.54. The van der Waals surface area contributed by atoms with Crippen LogP contribution in [0.25, 0.3) is 10.8 Å². The van der Waals surface area contributed by atoms with Crippen LogP contribution in [0.5, 0.6) is 0 Å². The minimum Gasteiger partial charge on any atom is -0.383 e. The Kier molecular flexibility index (Phi) is 3.23. The summed E-state index contributed by atoms with van der Waals surface area (Å²) < 4.78 is 0. The summed E-state index contributed by atoms with van der Waals surface area (Å²) in [6.07, 6.45) is 3.29. The van der Waals surface area contributed by atoms with Crippen molar-refractivity contribution in [2.75, 3.05) is 17.7 Å². The number of hydrogen-bond acceptors (Lipinski definition) is 4. The number of nitrogen functional groups attached to an aromatic ring is 1. The zero-order chi connectivity index (χ0) is 14.8. The molecule has 0 spiro atoms. The SMILES string of the molecule is CN(C(=O)c1cc2ccccc2c(N)n1)c1cccnc1. The van der Waals surface area contributed by atoms with E-state index in [0.717, 1.165) is 10.8 Å². The Morgan fingerprint density at radius 3 is 2.76 bits per heavy atom. The van der Waals surface area contributed by atoms with E-state index in [0.29, 0.717) is 17.2 Å². The van der Waals surface area contributed by atoms with Crippen LogP contribution in [-0.2, 0) is 0 Å². The van der Waals surface area contributed by atoms with Gasteiger partial charge in [0.05, 0.1) is 11.9 Å². The Labute approximate surface area is 122 Å². The van der Waals surface area contributed by atoms with Crippen LogP contribution in [0.2, 0.25) is 0 Å². The van der Waals surface area contributed by atoms with Gasteiger partial charge in [0.2, 0.25) is 0 Å². The van der Waals surface area contributed by atoms with Crippen molar-refractivity contribution < 1.29 is 4.79 Å². The van der Waals surface area contributed by atoms with Crippen LogP contribution in [-0.4, -0.2) is 22.9 Å². The smallest absolute Gasteiger partial charge is 0.276 e. The molecule has 0 aliphatic carbocycles. The van der Waals surface area contributed by atoms with Crippen LogP contribution in [0.3, 0.4) is 0 Å². The lowest BCUT2D eigenvalue weighted by atomic mass is 10.1. The summed E-state index contributed by atoms with van der Waals surface area (Å²) >= 11 is 0. The van der Waals surface area contributed by atoms with Gasteiger partial charge in [0.25, 0.3) is 5.91 Å². The molecule has 3 aromatic rings. The third kappa shape index (κ3) is 2.41. The van der Waals surface area contributed by atoms with E-state index in [1.54, 1.807) is 31.6 Å². The standard InChI is InChI=1S/C16H14N4O/c1-20(12-6-4-8-18-10-12)16(21)14-9-11-5-2-3-7-13(11)15(17)19-14/h2-10H,1H3,(H2,17,19). The van der Waals surface area contributed by atoms with Gasteiger partial charge < -0.3 is 10.6 Å². The first-order valence-electron chi connectivity index (χ1n) is 6.50. The Hall–Kier alpha value is -2.95. The molecule has 2 N–H and O–H groups in total. The van der Waals surface area contributed by atoms with Gasteiger partial charge in [-0.15, -0.1) is 0 Å². The van der Waals surface area contributed by atoms with Crippen LogP contribution in [0.4, 0.5) is 11.5 Å². The number of fused-ring (bicyclic) bond motifs is 1. The van der Waals surface area contributed by atoms with E-state index in [9.17, 15) is 4.79 Å². The fourth-order valence-corrected chi connectivity index (χ4v) is 2.18. The van der Waals surface area contributed by atoms with E-state index in [1.807, 2.05) is 30.3 Å². The highest BCUT2D eigenvalue weighted by Crippen LogP contribution is 2.21. The molecular weight excluding hydrogens is 264 g/mol. The zero-order valence-corrected chi connectivity index (χ0v) is 11.5. The average molecular weight is 278 g/mol. The molecule has 104 valence electrons. The van der Waals surface area contributed by atoms with Crippen LogP contribution in [0, 0.1) is 0 Å². The molecule has 0 aliphatic heterocycles. The summed E-state index contributed by atoms with van der Waals surface area (Å²) in [6.45, 7) is 0. The second-order valence-electron chi connectivity index (χ2n) is 4.69. The second-order valence-corrected chi connectivity index (χ2v) is 4.69. The van der Waals surface area contributed by atoms with Gasteiger partial charge in [0.15, 0.2) is 0 Å². The lowest BCUT2D eigenvalue weighted by Gasteiger charge is -2.16. The summed E-state index contributed by atoms with van der Waals surface area (Å²) in [5.41, 5.74) is 6.96. The molecule has 0 saturated carbocycles. The Bertz CT molecular complexity index is 802. The van der Waals surface area contributed by atoms with Crippen LogP contribution < -0.4 is 10.6 Å². The highest BCUT2D eigenvalue weighted by atomic mass is 16.2. The van der Waals surface area contributed by atoms with Gasteiger partial charge in [-0.05, 0) is 23.6 Å². The molecular formula is C16H14N4O. The molecule has 0 fully saturated rings. The normalized spacial score (nSPS) is 10.5. The topological polar surface area (TPSA) is 72.1 Å². The van der Waals surface area contributed by atoms with E-state index in [2.05, 4.69) is 9.97 Å². The number of amides is 1. The minimum atomic E-state index is -0.222. The molecule has 3 rings (SSSR count). The maximum atomic E-state index is 12.5. The van der Waals surface area contributed by atoms with Gasteiger partial charge in [-0.2, -0.15) is 0 Å². The summed E-state index contributed by atoms with van der Waals surface area (Å²) in [6, 6.07) is 12.9. The maximum absolute atomic E-state index is 12.5. The molecule has 5 heteroatoms. The number of benzene rings is 1. The lowest BCUT2D eigenvalue weighted by Crippen LogP contribution is -2.27. The molecule has 2 heterocycles. The van der Waals surface area contributed by atoms with Crippen molar-refractivity contribution in [1.82, 2.24) is 9.97 Å². The molecule has 0 unspecified atom stereocenters. The quantitative estimate of drug-likeness (QED) is 0.781. The molecule has 0 aliphatic rings. The van der Waals surface area contributed by atoms with E-state index in [-0.39, 0.29) is 5.91 Å². The van der Waals surface area contributed by atoms with Crippen molar-refractivity contribution >= 4 is 28.2 Å². The summed E-state index contributed by atoms with van der Waals surface area (Å²) in [5.74, 6) is 0.136. The van der Waals surface area contributed by atoms with E-state index in [4.69, 9.17) is 5.73 Å². The van der Waals surface area contributed by atoms with Gasteiger partial charge in [-0.3, -0.25) is 9.78 Å². The van der Waals surface area contributed by atoms with Crippen molar-refractivity contribution in [3.63, 3.8) is 0 Å². The number of anilines is 2. The molecule has 1 aromatic carbocycles. The monoisotopic (exact) mass is 278 g/mol. The van der Waals surface area contributed by atoms with Crippen molar-refractivity contribution in [3.05, 3.63) is 60.6 Å². The Balaban J connectivity index is 2.02. The fraction of sp³-hybridized carbons (Fsp3) is 0.0625. The number of nitrogens with zero attached hydrogens (tertiary/aromatic N) is 3. The maximum Gasteiger partial charge on any atom is 0.276 e. The number of carbonyl (C=O) groups is 1. The van der Waals surface area contributed by atoms with Gasteiger partial charge in [-0.1, -0.05) is 24.3 Å². The first-order valence-corrected chi connectivity index (χ1v) is 6.50. The number of nitrogens with two attached hydrogens (primary N) is 1. The molecule has 0 radical (unpaired) electrons. The highest BCUT2D eigenvalue weighted by Gasteiger charge is 2.16. The minimum absolute atomic E-state index is 0.222. The van der Waals surface area contributed by atoms with Crippen molar-refractivity contribution in [2.45, 2.75) is 0 Å². The molecule has 1 amide bonds. The predicted octanol–water partition coefficient (Wildman–Crippen LogP) is 2.49. The fourth-order valence-electron chi connectivity index (χ4n) is 2.18. The number of carbonyl (C=O) groups excluding carboxylic acids is 1. The summed E-state index contributed by atoms with van der Waals surface area (Å²) in [4.78, 5) is 22.2.